The number of halogens is 2. The van der Waals surface area contributed by atoms with Crippen molar-refractivity contribution in [2.45, 2.75) is 82.2 Å². The molecule has 35 heavy (non-hydrogen) atoms. The lowest BCUT2D eigenvalue weighted by molar-refractivity contribution is -0.0497. The maximum Gasteiger partial charge on any atom is 0.387 e. The quantitative estimate of drug-likeness (QED) is 0.159. The number of aromatic nitrogens is 3. The molecule has 0 amide bonds. The summed E-state index contributed by atoms with van der Waals surface area (Å²) in [5.41, 5.74) is 3.18. The third kappa shape index (κ3) is 7.98. The van der Waals surface area contributed by atoms with Crippen molar-refractivity contribution in [2.24, 2.45) is 0 Å². The largest absolute Gasteiger partial charge is 0.495 e. The summed E-state index contributed by atoms with van der Waals surface area (Å²) in [6, 6.07) is 4.66. The van der Waals surface area contributed by atoms with Crippen LogP contribution in [0.5, 0.6) is 17.2 Å². The Labute approximate surface area is 210 Å². The van der Waals surface area contributed by atoms with Gasteiger partial charge in [0.25, 0.3) is 0 Å². The van der Waals surface area contributed by atoms with Crippen molar-refractivity contribution in [3.63, 3.8) is 0 Å². The normalized spacial score (nSPS) is 11.4. The molecule has 0 fully saturated rings. The first-order chi connectivity index (χ1) is 17.0. The smallest absolute Gasteiger partial charge is 0.387 e. The molecule has 0 aliphatic rings. The van der Waals surface area contributed by atoms with E-state index in [4.69, 9.17) is 9.47 Å². The SMILES string of the molecule is CCCCCCCCCCc1c(OC)cnc(CSc2nc3ccc(OC(F)F)cc3[nH]2)c1OC. The van der Waals surface area contributed by atoms with Crippen LogP contribution in [0.25, 0.3) is 11.0 Å². The van der Waals surface area contributed by atoms with Crippen LogP contribution in [0.3, 0.4) is 0 Å². The summed E-state index contributed by atoms with van der Waals surface area (Å²) >= 11 is 1.47. The number of benzene rings is 1. The molecule has 0 saturated heterocycles. The van der Waals surface area contributed by atoms with Crippen LogP contribution < -0.4 is 14.2 Å². The third-order valence-electron chi connectivity index (χ3n) is 5.88. The van der Waals surface area contributed by atoms with Gasteiger partial charge in [0.05, 0.1) is 37.1 Å². The zero-order chi connectivity index (χ0) is 25.0. The number of ether oxygens (including phenoxy) is 3. The van der Waals surface area contributed by atoms with Crippen LogP contribution in [0.4, 0.5) is 8.78 Å². The van der Waals surface area contributed by atoms with Gasteiger partial charge in [0.1, 0.15) is 17.2 Å². The molecule has 0 unspecified atom stereocenters. The summed E-state index contributed by atoms with van der Waals surface area (Å²) in [7, 11) is 3.32. The molecule has 0 saturated carbocycles. The Balaban J connectivity index is 1.62. The lowest BCUT2D eigenvalue weighted by Gasteiger charge is -2.16. The topological polar surface area (TPSA) is 69.3 Å². The zero-order valence-electron chi connectivity index (χ0n) is 20.7. The number of thioether (sulfide) groups is 1. The van der Waals surface area contributed by atoms with E-state index in [1.54, 1.807) is 26.5 Å². The molecule has 1 aromatic carbocycles. The average molecular weight is 508 g/mol. The number of fused-ring (bicyclic) bond motifs is 1. The lowest BCUT2D eigenvalue weighted by Crippen LogP contribution is -2.03. The molecule has 0 bridgehead atoms. The Hall–Kier alpha value is -2.55. The van der Waals surface area contributed by atoms with E-state index in [-0.39, 0.29) is 5.75 Å². The van der Waals surface area contributed by atoms with Gasteiger partial charge in [0.15, 0.2) is 5.16 Å². The van der Waals surface area contributed by atoms with Crippen LogP contribution in [0.15, 0.2) is 29.6 Å². The van der Waals surface area contributed by atoms with Crippen molar-refractivity contribution in [3.05, 3.63) is 35.7 Å². The van der Waals surface area contributed by atoms with E-state index in [2.05, 4.69) is 26.6 Å². The first kappa shape index (κ1) is 27.0. The maximum absolute atomic E-state index is 12.5. The molecule has 3 rings (SSSR count). The number of nitrogens with one attached hydrogen (secondary N) is 1. The average Bonchev–Trinajstić information content (AvgIpc) is 3.26. The summed E-state index contributed by atoms with van der Waals surface area (Å²) in [6.07, 6.45) is 12.7. The second kappa shape index (κ2) is 14.1. The number of hydrogen-bond donors (Lipinski definition) is 1. The number of pyridine rings is 1. The molecular formula is C26H35F2N3O3S. The second-order valence-electron chi connectivity index (χ2n) is 8.40. The molecule has 0 aliphatic heterocycles. The number of hydrogen-bond acceptors (Lipinski definition) is 6. The molecule has 0 aliphatic carbocycles. The van der Waals surface area contributed by atoms with E-state index in [1.165, 1.54) is 68.8 Å². The number of methoxy groups -OCH3 is 2. The molecule has 9 heteroatoms. The number of nitrogens with zero attached hydrogens (tertiary/aromatic N) is 2. The van der Waals surface area contributed by atoms with E-state index in [0.717, 1.165) is 35.6 Å². The maximum atomic E-state index is 12.5. The molecule has 0 atom stereocenters. The highest BCUT2D eigenvalue weighted by molar-refractivity contribution is 7.98. The van der Waals surface area contributed by atoms with Gasteiger partial charge in [0.2, 0.25) is 0 Å². The molecule has 2 aromatic heterocycles. The second-order valence-corrected chi connectivity index (χ2v) is 9.36. The molecule has 3 aromatic rings. The van der Waals surface area contributed by atoms with Crippen LogP contribution in [0.1, 0.15) is 69.5 Å². The highest BCUT2D eigenvalue weighted by Gasteiger charge is 2.17. The van der Waals surface area contributed by atoms with Gasteiger partial charge in [-0.3, -0.25) is 4.98 Å². The fourth-order valence-corrected chi connectivity index (χ4v) is 4.92. The number of H-pyrrole nitrogens is 1. The van der Waals surface area contributed by atoms with Crippen LogP contribution in [0.2, 0.25) is 0 Å². The lowest BCUT2D eigenvalue weighted by atomic mass is 10.0. The van der Waals surface area contributed by atoms with Crippen molar-refractivity contribution < 1.29 is 23.0 Å². The van der Waals surface area contributed by atoms with Gasteiger partial charge >= 0.3 is 6.61 Å². The summed E-state index contributed by atoms with van der Waals surface area (Å²) in [4.78, 5) is 12.2. The molecule has 0 spiro atoms. The number of imidazole rings is 1. The minimum absolute atomic E-state index is 0.0943. The van der Waals surface area contributed by atoms with Gasteiger partial charge in [-0.2, -0.15) is 8.78 Å². The zero-order valence-corrected chi connectivity index (χ0v) is 21.6. The predicted molar refractivity (Wildman–Crippen MR) is 136 cm³/mol. The Morgan fingerprint density at radius 2 is 1.74 bits per heavy atom. The van der Waals surface area contributed by atoms with Crippen molar-refractivity contribution in [3.8, 4) is 17.2 Å². The van der Waals surface area contributed by atoms with E-state index in [9.17, 15) is 8.78 Å². The standard InChI is InChI=1S/C26H35F2N3O3S/c1-4-5-6-7-8-9-10-11-12-19-23(32-2)16-29-22(24(19)33-3)17-35-26-30-20-14-13-18(34-25(27)28)15-21(20)31-26/h13-16,25H,4-12,17H2,1-3H3,(H,30,31). The van der Waals surface area contributed by atoms with Gasteiger partial charge in [-0.25, -0.2) is 4.98 Å². The van der Waals surface area contributed by atoms with Crippen molar-refractivity contribution >= 4 is 22.8 Å². The van der Waals surface area contributed by atoms with Crippen LogP contribution in [0, 0.1) is 0 Å². The minimum Gasteiger partial charge on any atom is -0.495 e. The molecule has 6 nitrogen and oxygen atoms in total. The summed E-state index contributed by atoms with van der Waals surface area (Å²) in [5.74, 6) is 2.13. The fourth-order valence-electron chi connectivity index (χ4n) is 4.10. The van der Waals surface area contributed by atoms with Gasteiger partial charge in [-0.1, -0.05) is 63.6 Å². The van der Waals surface area contributed by atoms with Crippen molar-refractivity contribution in [1.82, 2.24) is 15.0 Å². The molecule has 1 N–H and O–H groups in total. The third-order valence-corrected chi connectivity index (χ3v) is 6.76. The van der Waals surface area contributed by atoms with E-state index < -0.39 is 6.61 Å². The Kier molecular flexibility index (Phi) is 10.9. The summed E-state index contributed by atoms with van der Waals surface area (Å²) in [5, 5.41) is 0.665. The number of unbranched alkanes of at least 4 members (excludes halogenated alkanes) is 7. The van der Waals surface area contributed by atoms with Gasteiger partial charge < -0.3 is 19.2 Å². The number of alkyl halides is 2. The van der Waals surface area contributed by atoms with E-state index >= 15 is 0 Å². The van der Waals surface area contributed by atoms with Gasteiger partial charge in [-0.05, 0) is 25.0 Å². The fraction of sp³-hybridized carbons (Fsp3) is 0.538. The van der Waals surface area contributed by atoms with Crippen molar-refractivity contribution in [1.29, 1.82) is 0 Å². The monoisotopic (exact) mass is 507 g/mol. The number of aromatic amines is 1. The van der Waals surface area contributed by atoms with Crippen LogP contribution in [-0.2, 0) is 12.2 Å². The molecule has 2 heterocycles. The van der Waals surface area contributed by atoms with Gasteiger partial charge in [-0.15, -0.1) is 0 Å². The first-order valence-corrected chi connectivity index (χ1v) is 13.2. The van der Waals surface area contributed by atoms with E-state index in [0.29, 0.717) is 21.9 Å². The Morgan fingerprint density at radius 3 is 2.43 bits per heavy atom. The van der Waals surface area contributed by atoms with Gasteiger partial charge in [0, 0.05) is 17.4 Å². The van der Waals surface area contributed by atoms with Crippen LogP contribution in [-0.4, -0.2) is 35.8 Å². The minimum atomic E-state index is -2.86. The highest BCUT2D eigenvalue weighted by atomic mass is 32.2. The summed E-state index contributed by atoms with van der Waals surface area (Å²) < 4.78 is 40.8. The van der Waals surface area contributed by atoms with Crippen LogP contribution >= 0.6 is 11.8 Å². The van der Waals surface area contributed by atoms with Crippen molar-refractivity contribution in [2.75, 3.05) is 14.2 Å². The predicted octanol–water partition coefficient (Wildman–Crippen LogP) is 7.55. The molecule has 0 radical (unpaired) electrons. The molecular weight excluding hydrogens is 472 g/mol. The molecule has 192 valence electrons. The highest BCUT2D eigenvalue weighted by Crippen LogP contribution is 2.35. The Morgan fingerprint density at radius 1 is 1.00 bits per heavy atom. The number of rotatable bonds is 16. The van der Waals surface area contributed by atoms with E-state index in [1.807, 2.05) is 0 Å². The first-order valence-electron chi connectivity index (χ1n) is 12.2. The summed E-state index contributed by atoms with van der Waals surface area (Å²) in [6.45, 7) is -0.624. The Bertz CT molecular complexity index is 1060.